The van der Waals surface area contributed by atoms with Crippen LogP contribution in [0.15, 0.2) is 0 Å². The number of thioether (sulfide) groups is 1. The molecule has 4 heteroatoms. The zero-order chi connectivity index (χ0) is 12.4. The largest absolute Gasteiger partial charge is 0.382 e. The molecule has 0 aromatic rings. The SMILES string of the molecule is COCCOCCNC(C)CSC(C)(C)C. The second kappa shape index (κ2) is 9.28. The van der Waals surface area contributed by atoms with Crippen LogP contribution in [-0.2, 0) is 9.47 Å². The average Bonchev–Trinajstić information content (AvgIpc) is 2.19. The first-order valence-corrected chi connectivity index (χ1v) is 6.88. The van der Waals surface area contributed by atoms with Gasteiger partial charge in [-0.3, -0.25) is 0 Å². The van der Waals surface area contributed by atoms with Crippen molar-refractivity contribution in [2.45, 2.75) is 38.5 Å². The molecule has 1 unspecified atom stereocenters. The van der Waals surface area contributed by atoms with E-state index in [9.17, 15) is 0 Å². The van der Waals surface area contributed by atoms with Crippen molar-refractivity contribution >= 4 is 11.8 Å². The molecule has 0 saturated heterocycles. The highest BCUT2D eigenvalue weighted by Gasteiger charge is 2.12. The van der Waals surface area contributed by atoms with Crippen molar-refractivity contribution in [3.63, 3.8) is 0 Å². The Hall–Kier alpha value is 0.230. The Balaban J connectivity index is 3.27. The van der Waals surface area contributed by atoms with Gasteiger partial charge in [-0.05, 0) is 6.92 Å². The summed E-state index contributed by atoms with van der Waals surface area (Å²) in [5.74, 6) is 1.14. The third-order valence-corrected chi connectivity index (χ3v) is 3.47. The van der Waals surface area contributed by atoms with Gasteiger partial charge < -0.3 is 14.8 Å². The molecule has 3 nitrogen and oxygen atoms in total. The minimum Gasteiger partial charge on any atom is -0.382 e. The molecule has 0 aromatic heterocycles. The molecule has 0 amide bonds. The summed E-state index contributed by atoms with van der Waals surface area (Å²) in [6.45, 7) is 12.0. The third kappa shape index (κ3) is 12.3. The predicted octanol–water partition coefficient (Wildman–Crippen LogP) is 2.16. The van der Waals surface area contributed by atoms with Gasteiger partial charge >= 0.3 is 0 Å². The van der Waals surface area contributed by atoms with Crippen LogP contribution in [0.25, 0.3) is 0 Å². The molecule has 0 aliphatic carbocycles. The van der Waals surface area contributed by atoms with Crippen molar-refractivity contribution in [2.75, 3.05) is 39.2 Å². The van der Waals surface area contributed by atoms with E-state index in [2.05, 4.69) is 33.0 Å². The molecule has 0 heterocycles. The molecule has 16 heavy (non-hydrogen) atoms. The molecule has 0 aromatic carbocycles. The molecule has 0 radical (unpaired) electrons. The second-order valence-electron chi connectivity index (χ2n) is 4.88. The number of methoxy groups -OCH3 is 1. The Bertz CT molecular complexity index is 160. The Labute approximate surface area is 105 Å². The summed E-state index contributed by atoms with van der Waals surface area (Å²) in [5, 5.41) is 3.45. The lowest BCUT2D eigenvalue weighted by Crippen LogP contribution is -2.32. The van der Waals surface area contributed by atoms with Crippen molar-refractivity contribution in [2.24, 2.45) is 0 Å². The van der Waals surface area contributed by atoms with Crippen LogP contribution in [0, 0.1) is 0 Å². The summed E-state index contributed by atoms with van der Waals surface area (Å²) < 4.78 is 10.6. The van der Waals surface area contributed by atoms with Crippen molar-refractivity contribution in [3.8, 4) is 0 Å². The lowest BCUT2D eigenvalue weighted by Gasteiger charge is -2.21. The first-order valence-electron chi connectivity index (χ1n) is 5.89. The molecule has 0 saturated carbocycles. The van der Waals surface area contributed by atoms with Gasteiger partial charge in [-0.1, -0.05) is 20.8 Å². The molecule has 1 N–H and O–H groups in total. The number of hydrogen-bond donors (Lipinski definition) is 1. The van der Waals surface area contributed by atoms with E-state index in [0.29, 0.717) is 24.0 Å². The van der Waals surface area contributed by atoms with E-state index < -0.39 is 0 Å². The van der Waals surface area contributed by atoms with Crippen LogP contribution in [0.4, 0.5) is 0 Å². The fourth-order valence-corrected chi connectivity index (χ4v) is 1.92. The molecule has 0 rings (SSSR count). The minimum atomic E-state index is 0.352. The van der Waals surface area contributed by atoms with E-state index in [1.807, 2.05) is 11.8 Å². The molecular weight excluding hydrogens is 222 g/mol. The summed E-state index contributed by atoms with van der Waals surface area (Å²) >= 11 is 1.99. The molecule has 0 aliphatic rings. The van der Waals surface area contributed by atoms with Crippen molar-refractivity contribution < 1.29 is 9.47 Å². The highest BCUT2D eigenvalue weighted by molar-refractivity contribution is 8.00. The quantitative estimate of drug-likeness (QED) is 0.634. The van der Waals surface area contributed by atoms with E-state index in [4.69, 9.17) is 9.47 Å². The Morgan fingerprint density at radius 3 is 2.44 bits per heavy atom. The van der Waals surface area contributed by atoms with Gasteiger partial charge in [-0.2, -0.15) is 11.8 Å². The standard InChI is InChI=1S/C12H27NO2S/c1-11(10-16-12(2,3)4)13-6-7-15-9-8-14-5/h11,13H,6-10H2,1-5H3. The van der Waals surface area contributed by atoms with E-state index in [-0.39, 0.29) is 0 Å². The van der Waals surface area contributed by atoms with Gasteiger partial charge in [0.15, 0.2) is 0 Å². The monoisotopic (exact) mass is 249 g/mol. The third-order valence-electron chi connectivity index (χ3n) is 1.94. The Morgan fingerprint density at radius 1 is 1.19 bits per heavy atom. The van der Waals surface area contributed by atoms with Crippen LogP contribution in [0.2, 0.25) is 0 Å². The molecule has 0 spiro atoms. The van der Waals surface area contributed by atoms with Crippen LogP contribution in [0.1, 0.15) is 27.7 Å². The highest BCUT2D eigenvalue weighted by Crippen LogP contribution is 2.23. The van der Waals surface area contributed by atoms with E-state index >= 15 is 0 Å². The fraction of sp³-hybridized carbons (Fsp3) is 1.00. The van der Waals surface area contributed by atoms with Gasteiger partial charge in [0.1, 0.15) is 0 Å². The minimum absolute atomic E-state index is 0.352. The number of rotatable bonds is 9. The van der Waals surface area contributed by atoms with Gasteiger partial charge in [0.05, 0.1) is 19.8 Å². The van der Waals surface area contributed by atoms with Crippen LogP contribution in [-0.4, -0.2) is 50.0 Å². The van der Waals surface area contributed by atoms with Gasteiger partial charge in [0.25, 0.3) is 0 Å². The number of ether oxygens (including phenoxy) is 2. The van der Waals surface area contributed by atoms with E-state index in [1.165, 1.54) is 0 Å². The second-order valence-corrected chi connectivity index (χ2v) is 6.73. The normalized spacial score (nSPS) is 14.1. The van der Waals surface area contributed by atoms with Crippen LogP contribution in [0.5, 0.6) is 0 Å². The van der Waals surface area contributed by atoms with Gasteiger partial charge in [0.2, 0.25) is 0 Å². The lowest BCUT2D eigenvalue weighted by atomic mass is 10.3. The summed E-state index contributed by atoms with van der Waals surface area (Å²) in [6.07, 6.45) is 0. The van der Waals surface area contributed by atoms with Gasteiger partial charge in [0, 0.05) is 30.2 Å². The van der Waals surface area contributed by atoms with Gasteiger partial charge in [-0.15, -0.1) is 0 Å². The lowest BCUT2D eigenvalue weighted by molar-refractivity contribution is 0.0714. The molecule has 0 bridgehead atoms. The fourth-order valence-electron chi connectivity index (χ4n) is 1.06. The van der Waals surface area contributed by atoms with Crippen molar-refractivity contribution in [3.05, 3.63) is 0 Å². The van der Waals surface area contributed by atoms with Crippen LogP contribution < -0.4 is 5.32 Å². The molecule has 0 fully saturated rings. The molecule has 1 atom stereocenters. The van der Waals surface area contributed by atoms with E-state index in [0.717, 1.165) is 18.9 Å². The molecular formula is C12H27NO2S. The summed E-state index contributed by atoms with van der Waals surface area (Å²) in [6, 6.07) is 0.537. The Morgan fingerprint density at radius 2 is 1.88 bits per heavy atom. The first-order chi connectivity index (χ1) is 7.45. The maximum absolute atomic E-state index is 5.38. The number of nitrogens with one attached hydrogen (secondary N) is 1. The zero-order valence-electron chi connectivity index (χ0n) is 11.3. The molecule has 98 valence electrons. The van der Waals surface area contributed by atoms with Crippen LogP contribution in [0.3, 0.4) is 0 Å². The van der Waals surface area contributed by atoms with E-state index in [1.54, 1.807) is 7.11 Å². The van der Waals surface area contributed by atoms with Crippen molar-refractivity contribution in [1.82, 2.24) is 5.32 Å². The van der Waals surface area contributed by atoms with Gasteiger partial charge in [-0.25, -0.2) is 0 Å². The topological polar surface area (TPSA) is 30.5 Å². The maximum Gasteiger partial charge on any atom is 0.0700 e. The smallest absolute Gasteiger partial charge is 0.0700 e. The van der Waals surface area contributed by atoms with Crippen LogP contribution >= 0.6 is 11.8 Å². The summed E-state index contributed by atoms with van der Waals surface area (Å²) in [5.41, 5.74) is 0. The first kappa shape index (κ1) is 16.2. The van der Waals surface area contributed by atoms with Crippen molar-refractivity contribution in [1.29, 1.82) is 0 Å². The number of hydrogen-bond acceptors (Lipinski definition) is 4. The molecule has 0 aliphatic heterocycles. The summed E-state index contributed by atoms with van der Waals surface area (Å²) in [4.78, 5) is 0. The summed E-state index contributed by atoms with van der Waals surface area (Å²) in [7, 11) is 1.69. The highest BCUT2D eigenvalue weighted by atomic mass is 32.2. The average molecular weight is 249 g/mol. The maximum atomic E-state index is 5.38. The Kier molecular flexibility index (Phi) is 9.41. The predicted molar refractivity (Wildman–Crippen MR) is 72.4 cm³/mol. The zero-order valence-corrected chi connectivity index (χ0v) is 12.2.